The molecule has 1 rings (SSSR count). The van der Waals surface area contributed by atoms with E-state index in [0.717, 1.165) is 24.8 Å². The highest BCUT2D eigenvalue weighted by Gasteiger charge is 2.18. The summed E-state index contributed by atoms with van der Waals surface area (Å²) in [4.78, 5) is 11.0. The van der Waals surface area contributed by atoms with E-state index in [2.05, 4.69) is 22.6 Å². The Kier molecular flexibility index (Phi) is 2.27. The van der Waals surface area contributed by atoms with Crippen LogP contribution in [-0.4, -0.2) is 5.78 Å². The molecule has 1 aliphatic rings. The second kappa shape index (κ2) is 2.82. The molecule has 0 aliphatic heterocycles. The molecule has 1 nitrogen and oxygen atoms in total. The smallest absolute Gasteiger partial charge is 0.159 e. The molecule has 0 saturated carbocycles. The highest BCUT2D eigenvalue weighted by atomic mass is 127. The van der Waals surface area contributed by atoms with Crippen molar-refractivity contribution in [1.82, 2.24) is 0 Å². The van der Waals surface area contributed by atoms with Gasteiger partial charge in [0.25, 0.3) is 0 Å². The molecule has 0 radical (unpaired) electrons. The third-order valence-electron chi connectivity index (χ3n) is 1.59. The van der Waals surface area contributed by atoms with Crippen molar-refractivity contribution in [3.8, 4) is 0 Å². The van der Waals surface area contributed by atoms with E-state index in [-0.39, 0.29) is 0 Å². The van der Waals surface area contributed by atoms with Gasteiger partial charge in [-0.2, -0.15) is 0 Å². The number of halogens is 1. The minimum Gasteiger partial charge on any atom is -0.295 e. The van der Waals surface area contributed by atoms with E-state index < -0.39 is 0 Å². The lowest BCUT2D eigenvalue weighted by Crippen LogP contribution is -1.92. The SMILES string of the molecule is CCC1=C(I)CCC1=O. The zero-order chi connectivity index (χ0) is 6.85. The van der Waals surface area contributed by atoms with Gasteiger partial charge < -0.3 is 0 Å². The predicted octanol–water partition coefficient (Wildman–Crippen LogP) is 2.45. The summed E-state index contributed by atoms with van der Waals surface area (Å²) in [6.07, 6.45) is 2.65. The van der Waals surface area contributed by atoms with Crippen LogP contribution in [-0.2, 0) is 4.79 Å². The Bertz CT molecular complexity index is 170. The molecule has 0 aromatic carbocycles. The van der Waals surface area contributed by atoms with E-state index in [1.54, 1.807) is 0 Å². The van der Waals surface area contributed by atoms with Crippen LogP contribution >= 0.6 is 22.6 Å². The number of Topliss-reactive ketones (excluding diaryl/α,β-unsaturated/α-hetero) is 1. The Morgan fingerprint density at radius 1 is 1.56 bits per heavy atom. The molecule has 1 aliphatic carbocycles. The van der Waals surface area contributed by atoms with Crippen molar-refractivity contribution >= 4 is 28.4 Å². The summed E-state index contributed by atoms with van der Waals surface area (Å²) in [5.41, 5.74) is 1.07. The van der Waals surface area contributed by atoms with E-state index in [0.29, 0.717) is 5.78 Å². The van der Waals surface area contributed by atoms with Gasteiger partial charge in [0.05, 0.1) is 0 Å². The summed E-state index contributed by atoms with van der Waals surface area (Å²) in [6, 6.07) is 0. The summed E-state index contributed by atoms with van der Waals surface area (Å²) in [6.45, 7) is 2.04. The molecule has 0 saturated heterocycles. The minimum absolute atomic E-state index is 0.363. The first-order chi connectivity index (χ1) is 4.25. The van der Waals surface area contributed by atoms with Crippen molar-refractivity contribution in [2.75, 3.05) is 0 Å². The van der Waals surface area contributed by atoms with Gasteiger partial charge in [-0.1, -0.05) is 6.92 Å². The number of carbonyl (C=O) groups excluding carboxylic acids is 1. The van der Waals surface area contributed by atoms with Gasteiger partial charge in [0.2, 0.25) is 0 Å². The van der Waals surface area contributed by atoms with Crippen LogP contribution in [0.1, 0.15) is 26.2 Å². The van der Waals surface area contributed by atoms with Crippen molar-refractivity contribution in [2.45, 2.75) is 26.2 Å². The first-order valence-corrected chi connectivity index (χ1v) is 4.24. The Morgan fingerprint density at radius 3 is 2.44 bits per heavy atom. The van der Waals surface area contributed by atoms with Gasteiger partial charge in [-0.3, -0.25) is 4.79 Å². The van der Waals surface area contributed by atoms with Crippen LogP contribution in [0.3, 0.4) is 0 Å². The highest BCUT2D eigenvalue weighted by Crippen LogP contribution is 2.29. The van der Waals surface area contributed by atoms with Crippen LogP contribution in [0, 0.1) is 0 Å². The van der Waals surface area contributed by atoms with E-state index in [4.69, 9.17) is 0 Å². The number of hydrogen-bond donors (Lipinski definition) is 0. The van der Waals surface area contributed by atoms with E-state index >= 15 is 0 Å². The van der Waals surface area contributed by atoms with Crippen LogP contribution < -0.4 is 0 Å². The molecular weight excluding hydrogens is 227 g/mol. The monoisotopic (exact) mass is 236 g/mol. The maximum absolute atomic E-state index is 11.0. The molecule has 0 aromatic rings. The molecule has 9 heavy (non-hydrogen) atoms. The molecule has 0 spiro atoms. The van der Waals surface area contributed by atoms with E-state index in [1.807, 2.05) is 6.92 Å². The lowest BCUT2D eigenvalue weighted by atomic mass is 10.2. The van der Waals surface area contributed by atoms with Crippen LogP contribution in [0.15, 0.2) is 9.15 Å². The first-order valence-electron chi connectivity index (χ1n) is 3.16. The summed E-state index contributed by atoms with van der Waals surface area (Å²) in [5.74, 6) is 0.363. The molecule has 2 heteroatoms. The largest absolute Gasteiger partial charge is 0.295 e. The molecule has 0 heterocycles. The summed E-state index contributed by atoms with van der Waals surface area (Å²) < 4.78 is 1.28. The quantitative estimate of drug-likeness (QED) is 0.639. The van der Waals surface area contributed by atoms with Gasteiger partial charge in [-0.05, 0) is 39.0 Å². The molecule has 0 unspecified atom stereocenters. The molecule has 0 aromatic heterocycles. The molecule has 50 valence electrons. The molecule has 0 N–H and O–H groups in total. The second-order valence-corrected chi connectivity index (χ2v) is 3.46. The van der Waals surface area contributed by atoms with Gasteiger partial charge in [0.15, 0.2) is 5.78 Å². The van der Waals surface area contributed by atoms with Gasteiger partial charge in [0.1, 0.15) is 0 Å². The van der Waals surface area contributed by atoms with Gasteiger partial charge in [0, 0.05) is 12.0 Å². The third-order valence-corrected chi connectivity index (χ3v) is 2.78. The lowest BCUT2D eigenvalue weighted by Gasteiger charge is -1.92. The second-order valence-electron chi connectivity index (χ2n) is 2.16. The fourth-order valence-electron chi connectivity index (χ4n) is 1.07. The fraction of sp³-hybridized carbons (Fsp3) is 0.571. The topological polar surface area (TPSA) is 17.1 Å². The van der Waals surface area contributed by atoms with Gasteiger partial charge >= 0.3 is 0 Å². The lowest BCUT2D eigenvalue weighted by molar-refractivity contribution is -0.115. The Morgan fingerprint density at radius 2 is 2.22 bits per heavy atom. The molecular formula is C7H9IO. The number of allylic oxidation sites excluding steroid dienone is 2. The first kappa shape index (κ1) is 7.25. The van der Waals surface area contributed by atoms with Crippen molar-refractivity contribution in [1.29, 1.82) is 0 Å². The zero-order valence-electron chi connectivity index (χ0n) is 5.41. The van der Waals surface area contributed by atoms with Gasteiger partial charge in [-0.25, -0.2) is 0 Å². The van der Waals surface area contributed by atoms with Crippen molar-refractivity contribution in [3.05, 3.63) is 9.15 Å². The Balaban J connectivity index is 2.82. The third kappa shape index (κ3) is 1.34. The normalized spacial score (nSPS) is 19.6. The summed E-state index contributed by atoms with van der Waals surface area (Å²) in [7, 11) is 0. The Hall–Kier alpha value is 0.140. The summed E-state index contributed by atoms with van der Waals surface area (Å²) in [5, 5.41) is 0. The number of carbonyl (C=O) groups is 1. The summed E-state index contributed by atoms with van der Waals surface area (Å²) >= 11 is 2.27. The highest BCUT2D eigenvalue weighted by molar-refractivity contribution is 14.1. The average Bonchev–Trinajstić information content (AvgIpc) is 2.12. The van der Waals surface area contributed by atoms with E-state index in [1.165, 1.54) is 3.58 Å². The molecule has 0 fully saturated rings. The maximum atomic E-state index is 11.0. The van der Waals surface area contributed by atoms with Crippen LogP contribution in [0.5, 0.6) is 0 Å². The number of hydrogen-bond acceptors (Lipinski definition) is 1. The van der Waals surface area contributed by atoms with Crippen LogP contribution in [0.4, 0.5) is 0 Å². The standard InChI is InChI=1S/C7H9IO/c1-2-5-6(8)3-4-7(5)9/h2-4H2,1H3. The molecule has 0 atom stereocenters. The zero-order valence-corrected chi connectivity index (χ0v) is 7.57. The predicted molar refractivity (Wildman–Crippen MR) is 45.6 cm³/mol. The number of rotatable bonds is 1. The van der Waals surface area contributed by atoms with Crippen LogP contribution in [0.25, 0.3) is 0 Å². The molecule has 0 amide bonds. The van der Waals surface area contributed by atoms with Crippen molar-refractivity contribution < 1.29 is 4.79 Å². The fourth-order valence-corrected chi connectivity index (χ4v) is 2.02. The minimum atomic E-state index is 0.363. The molecule has 0 bridgehead atoms. The van der Waals surface area contributed by atoms with Crippen molar-refractivity contribution in [2.24, 2.45) is 0 Å². The average molecular weight is 236 g/mol. The number of ketones is 1. The Labute approximate surface area is 68.7 Å². The van der Waals surface area contributed by atoms with Gasteiger partial charge in [-0.15, -0.1) is 0 Å². The van der Waals surface area contributed by atoms with Crippen LogP contribution in [0.2, 0.25) is 0 Å². The maximum Gasteiger partial charge on any atom is 0.159 e. The van der Waals surface area contributed by atoms with Crippen molar-refractivity contribution in [3.63, 3.8) is 0 Å². The van der Waals surface area contributed by atoms with E-state index in [9.17, 15) is 4.79 Å².